The molecule has 122 valence electrons. The number of esters is 1. The van der Waals surface area contributed by atoms with Crippen LogP contribution in [0.2, 0.25) is 0 Å². The van der Waals surface area contributed by atoms with Gasteiger partial charge in [0.05, 0.1) is 18.8 Å². The van der Waals surface area contributed by atoms with E-state index in [2.05, 4.69) is 5.32 Å². The van der Waals surface area contributed by atoms with E-state index in [0.29, 0.717) is 12.1 Å². The molecule has 0 radical (unpaired) electrons. The average molecular weight is 316 g/mol. The van der Waals surface area contributed by atoms with E-state index in [4.69, 9.17) is 9.47 Å². The fraction of sp³-hybridized carbons (Fsp3) is 0.412. The van der Waals surface area contributed by atoms with Crippen molar-refractivity contribution in [2.75, 3.05) is 20.3 Å². The molecule has 1 atom stereocenters. The number of nitrogens with one attached hydrogen (secondary N) is 1. The molecule has 6 nitrogen and oxygen atoms in total. The Labute approximate surface area is 134 Å². The van der Waals surface area contributed by atoms with Crippen LogP contribution in [-0.4, -0.2) is 42.8 Å². The number of carbonyl (C=O) groups excluding carboxylic acids is 2. The topological polar surface area (TPSA) is 69.6 Å². The highest BCUT2D eigenvalue weighted by molar-refractivity contribution is 6.04. The van der Waals surface area contributed by atoms with Gasteiger partial charge in [-0.2, -0.15) is 0 Å². The first-order valence-corrected chi connectivity index (χ1v) is 7.73. The Kier molecular flexibility index (Phi) is 4.62. The van der Waals surface area contributed by atoms with Gasteiger partial charge in [-0.25, -0.2) is 4.79 Å². The molecule has 1 fully saturated rings. The minimum atomic E-state index is -0.403. The lowest BCUT2D eigenvalue weighted by Crippen LogP contribution is -2.34. The summed E-state index contributed by atoms with van der Waals surface area (Å²) in [7, 11) is 1.35. The van der Waals surface area contributed by atoms with Gasteiger partial charge < -0.3 is 19.4 Å². The van der Waals surface area contributed by atoms with E-state index in [0.717, 1.165) is 30.4 Å². The van der Waals surface area contributed by atoms with E-state index in [1.807, 2.05) is 24.3 Å². The van der Waals surface area contributed by atoms with Crippen molar-refractivity contribution in [3.8, 4) is 0 Å². The number of methoxy groups -OCH3 is 1. The third kappa shape index (κ3) is 3.37. The normalized spacial score (nSPS) is 17.3. The molecule has 1 amide bonds. The molecule has 1 unspecified atom stereocenters. The molecule has 1 aromatic heterocycles. The van der Waals surface area contributed by atoms with Crippen LogP contribution in [0.5, 0.6) is 0 Å². The minimum Gasteiger partial charge on any atom is -0.465 e. The number of benzene rings is 1. The van der Waals surface area contributed by atoms with Crippen LogP contribution < -0.4 is 5.32 Å². The Hall–Kier alpha value is -2.34. The van der Waals surface area contributed by atoms with E-state index >= 15 is 0 Å². The highest BCUT2D eigenvalue weighted by Crippen LogP contribution is 2.22. The first-order valence-electron chi connectivity index (χ1n) is 7.73. The molecule has 1 saturated heterocycles. The summed E-state index contributed by atoms with van der Waals surface area (Å²) in [6.07, 6.45) is 3.82. The van der Waals surface area contributed by atoms with Crippen LogP contribution in [0.15, 0.2) is 30.5 Å². The van der Waals surface area contributed by atoms with E-state index < -0.39 is 5.97 Å². The molecule has 1 N–H and O–H groups in total. The van der Waals surface area contributed by atoms with Crippen molar-refractivity contribution in [2.45, 2.75) is 25.5 Å². The SMILES string of the molecule is COC(=O)c1cn(CC(=O)NCC2CCCO2)c2ccccc12. The van der Waals surface area contributed by atoms with Crippen LogP contribution in [0.3, 0.4) is 0 Å². The first kappa shape index (κ1) is 15.6. The standard InChI is InChI=1S/C17H20N2O4/c1-22-17(21)14-10-19(15-7-3-2-6-13(14)15)11-16(20)18-9-12-5-4-8-23-12/h2-3,6-7,10,12H,4-5,8-9,11H2,1H3,(H,18,20). The molecule has 1 aliphatic heterocycles. The van der Waals surface area contributed by atoms with Crippen molar-refractivity contribution in [3.05, 3.63) is 36.0 Å². The van der Waals surface area contributed by atoms with Gasteiger partial charge >= 0.3 is 5.97 Å². The summed E-state index contributed by atoms with van der Waals surface area (Å²) in [4.78, 5) is 24.0. The number of amides is 1. The van der Waals surface area contributed by atoms with Gasteiger partial charge in [-0.05, 0) is 18.9 Å². The van der Waals surface area contributed by atoms with E-state index in [1.54, 1.807) is 10.8 Å². The number of hydrogen-bond acceptors (Lipinski definition) is 4. The lowest BCUT2D eigenvalue weighted by molar-refractivity contribution is -0.122. The van der Waals surface area contributed by atoms with Gasteiger partial charge in [-0.1, -0.05) is 18.2 Å². The predicted octanol–water partition coefficient (Wildman–Crippen LogP) is 1.72. The number of para-hydroxylation sites is 1. The molecule has 0 aliphatic carbocycles. The van der Waals surface area contributed by atoms with Gasteiger partial charge in [-0.3, -0.25) is 4.79 Å². The zero-order chi connectivity index (χ0) is 16.2. The Morgan fingerprint density at radius 3 is 2.96 bits per heavy atom. The fourth-order valence-electron chi connectivity index (χ4n) is 2.89. The Morgan fingerprint density at radius 2 is 2.22 bits per heavy atom. The lowest BCUT2D eigenvalue weighted by atomic mass is 10.2. The summed E-state index contributed by atoms with van der Waals surface area (Å²) >= 11 is 0. The van der Waals surface area contributed by atoms with Crippen molar-refractivity contribution in [2.24, 2.45) is 0 Å². The van der Waals surface area contributed by atoms with Crippen molar-refractivity contribution in [1.82, 2.24) is 9.88 Å². The maximum absolute atomic E-state index is 12.2. The molecule has 3 rings (SSSR count). The highest BCUT2D eigenvalue weighted by Gasteiger charge is 2.18. The minimum absolute atomic E-state index is 0.0994. The summed E-state index contributed by atoms with van der Waals surface area (Å²) in [6.45, 7) is 1.46. The second-order valence-corrected chi connectivity index (χ2v) is 5.62. The molecule has 0 saturated carbocycles. The lowest BCUT2D eigenvalue weighted by Gasteiger charge is -2.11. The van der Waals surface area contributed by atoms with Gasteiger partial charge in [0.15, 0.2) is 0 Å². The third-order valence-corrected chi connectivity index (χ3v) is 4.06. The number of rotatable bonds is 5. The van der Waals surface area contributed by atoms with Crippen LogP contribution in [0, 0.1) is 0 Å². The third-order valence-electron chi connectivity index (χ3n) is 4.06. The second kappa shape index (κ2) is 6.83. The molecule has 2 aromatic rings. The van der Waals surface area contributed by atoms with Crippen molar-refractivity contribution in [1.29, 1.82) is 0 Å². The smallest absolute Gasteiger partial charge is 0.340 e. The van der Waals surface area contributed by atoms with E-state index in [9.17, 15) is 9.59 Å². The van der Waals surface area contributed by atoms with Gasteiger partial charge in [0.1, 0.15) is 6.54 Å². The Balaban J connectivity index is 1.74. The summed E-state index contributed by atoms with van der Waals surface area (Å²) in [5.74, 6) is -0.502. The molecular weight excluding hydrogens is 296 g/mol. The quantitative estimate of drug-likeness (QED) is 0.853. The summed E-state index contributed by atoms with van der Waals surface area (Å²) in [5, 5.41) is 3.67. The van der Waals surface area contributed by atoms with Crippen molar-refractivity contribution in [3.63, 3.8) is 0 Å². The number of nitrogens with zero attached hydrogens (tertiary/aromatic N) is 1. The summed E-state index contributed by atoms with van der Waals surface area (Å²) in [5.41, 5.74) is 1.30. The molecule has 2 heterocycles. The molecule has 1 aliphatic rings. The van der Waals surface area contributed by atoms with Crippen LogP contribution in [-0.2, 0) is 20.8 Å². The van der Waals surface area contributed by atoms with Gasteiger partial charge in [0.2, 0.25) is 5.91 Å². The summed E-state index contributed by atoms with van der Waals surface area (Å²) in [6, 6.07) is 7.47. The van der Waals surface area contributed by atoms with Gasteiger partial charge in [0.25, 0.3) is 0 Å². The number of aromatic nitrogens is 1. The zero-order valence-electron chi connectivity index (χ0n) is 13.1. The van der Waals surface area contributed by atoms with E-state index in [-0.39, 0.29) is 18.6 Å². The predicted molar refractivity (Wildman–Crippen MR) is 85.3 cm³/mol. The number of hydrogen-bond donors (Lipinski definition) is 1. The molecule has 0 spiro atoms. The number of carbonyl (C=O) groups is 2. The second-order valence-electron chi connectivity index (χ2n) is 5.62. The largest absolute Gasteiger partial charge is 0.465 e. The van der Waals surface area contributed by atoms with Crippen LogP contribution >= 0.6 is 0 Å². The van der Waals surface area contributed by atoms with Crippen molar-refractivity contribution < 1.29 is 19.1 Å². The molecule has 1 aromatic carbocycles. The monoisotopic (exact) mass is 316 g/mol. The maximum Gasteiger partial charge on any atom is 0.340 e. The van der Waals surface area contributed by atoms with Crippen LogP contribution in [0.4, 0.5) is 0 Å². The molecular formula is C17H20N2O4. The number of fused-ring (bicyclic) bond motifs is 1. The Morgan fingerprint density at radius 1 is 1.39 bits per heavy atom. The van der Waals surface area contributed by atoms with Crippen molar-refractivity contribution >= 4 is 22.8 Å². The van der Waals surface area contributed by atoms with Crippen LogP contribution in [0.1, 0.15) is 23.2 Å². The Bertz CT molecular complexity index is 716. The molecule has 0 bridgehead atoms. The molecule has 6 heteroatoms. The highest BCUT2D eigenvalue weighted by atomic mass is 16.5. The zero-order valence-corrected chi connectivity index (χ0v) is 13.1. The number of ether oxygens (including phenoxy) is 2. The van der Waals surface area contributed by atoms with E-state index in [1.165, 1.54) is 7.11 Å². The van der Waals surface area contributed by atoms with Gasteiger partial charge in [-0.15, -0.1) is 0 Å². The average Bonchev–Trinajstić information content (AvgIpc) is 3.21. The maximum atomic E-state index is 12.2. The molecule has 23 heavy (non-hydrogen) atoms. The summed E-state index contributed by atoms with van der Waals surface area (Å²) < 4.78 is 12.1. The fourth-order valence-corrected chi connectivity index (χ4v) is 2.89. The van der Waals surface area contributed by atoms with Gasteiger partial charge in [0, 0.05) is 30.3 Å². The van der Waals surface area contributed by atoms with Crippen LogP contribution in [0.25, 0.3) is 10.9 Å². The first-order chi connectivity index (χ1) is 11.2.